The van der Waals surface area contributed by atoms with Crippen molar-refractivity contribution in [1.29, 1.82) is 0 Å². The predicted octanol–water partition coefficient (Wildman–Crippen LogP) is 4.80. The van der Waals surface area contributed by atoms with E-state index in [4.69, 9.17) is 0 Å². The topological polar surface area (TPSA) is 70.1 Å². The molecule has 0 amide bonds. The van der Waals surface area contributed by atoms with Crippen LogP contribution in [0.5, 0.6) is 5.75 Å². The van der Waals surface area contributed by atoms with Crippen LogP contribution in [0.3, 0.4) is 0 Å². The first-order valence-electron chi connectivity index (χ1n) is 8.38. The minimum Gasteiger partial charge on any atom is -0.506 e. The van der Waals surface area contributed by atoms with Crippen molar-refractivity contribution in [2.45, 2.75) is 6.42 Å². The van der Waals surface area contributed by atoms with Gasteiger partial charge in [-0.25, -0.2) is 4.98 Å². The molecule has 0 aliphatic heterocycles. The molecule has 3 N–H and O–H groups in total. The number of fused-ring (bicyclic) bond motifs is 1. The molecule has 2 heterocycles. The second-order valence-electron chi connectivity index (χ2n) is 5.81. The van der Waals surface area contributed by atoms with E-state index in [9.17, 15) is 5.11 Å². The smallest absolute Gasteiger partial charge is 0.229 e. The molecule has 5 nitrogen and oxygen atoms in total. The summed E-state index contributed by atoms with van der Waals surface area (Å²) in [7, 11) is 0. The second kappa shape index (κ2) is 7.41. The van der Waals surface area contributed by atoms with Crippen LogP contribution >= 0.6 is 11.3 Å². The van der Waals surface area contributed by atoms with E-state index in [0.29, 0.717) is 11.6 Å². The van der Waals surface area contributed by atoms with Crippen LogP contribution in [-0.4, -0.2) is 21.6 Å². The molecular weight excluding hydrogens is 344 g/mol. The van der Waals surface area contributed by atoms with Gasteiger partial charge in [0.05, 0.1) is 11.2 Å². The number of hydrogen-bond acceptors (Lipinski definition) is 6. The maximum Gasteiger partial charge on any atom is 0.229 e. The molecule has 0 atom stereocenters. The molecule has 0 aliphatic rings. The molecular formula is C20H18N4OS. The highest BCUT2D eigenvalue weighted by Gasteiger charge is 2.09. The number of phenols is 1. The van der Waals surface area contributed by atoms with Gasteiger partial charge in [0.15, 0.2) is 0 Å². The van der Waals surface area contributed by atoms with Crippen molar-refractivity contribution in [2.24, 2.45) is 0 Å². The van der Waals surface area contributed by atoms with Crippen molar-refractivity contribution >= 4 is 39.7 Å². The number of nitrogens with one attached hydrogen (secondary N) is 2. The van der Waals surface area contributed by atoms with Gasteiger partial charge in [-0.15, -0.1) is 11.3 Å². The molecule has 0 fully saturated rings. The Labute approximate surface area is 155 Å². The fourth-order valence-corrected chi connectivity index (χ4v) is 3.43. The van der Waals surface area contributed by atoms with E-state index in [0.717, 1.165) is 29.7 Å². The molecule has 2 aromatic heterocycles. The highest BCUT2D eigenvalue weighted by atomic mass is 32.1. The number of anilines is 3. The lowest BCUT2D eigenvalue weighted by atomic mass is 10.2. The number of para-hydroxylation sites is 3. The van der Waals surface area contributed by atoms with Crippen LogP contribution in [0.1, 0.15) is 4.88 Å². The normalized spacial score (nSPS) is 10.8. The summed E-state index contributed by atoms with van der Waals surface area (Å²) in [5.41, 5.74) is 1.42. The summed E-state index contributed by atoms with van der Waals surface area (Å²) in [6.45, 7) is 0.789. The lowest BCUT2D eigenvalue weighted by molar-refractivity contribution is 0.477. The second-order valence-corrected chi connectivity index (χ2v) is 6.84. The van der Waals surface area contributed by atoms with Crippen LogP contribution in [0.15, 0.2) is 66.0 Å². The van der Waals surface area contributed by atoms with Gasteiger partial charge in [0.1, 0.15) is 11.6 Å². The Kier molecular flexibility index (Phi) is 4.66. The molecule has 4 rings (SSSR count). The third-order valence-corrected chi connectivity index (χ3v) is 4.93. The molecule has 0 aliphatic carbocycles. The standard InChI is InChI=1S/C20H18N4OS/c25-18-10-4-3-9-17(18)23-20-22-16-8-2-1-7-15(16)19(24-20)21-12-11-14-6-5-13-26-14/h1-10,13,25H,11-12H2,(H2,21,22,23,24). The summed E-state index contributed by atoms with van der Waals surface area (Å²) in [6.07, 6.45) is 0.943. The Morgan fingerprint density at radius 1 is 0.923 bits per heavy atom. The van der Waals surface area contributed by atoms with Gasteiger partial charge in [0.25, 0.3) is 0 Å². The van der Waals surface area contributed by atoms with Crippen molar-refractivity contribution < 1.29 is 5.11 Å². The summed E-state index contributed by atoms with van der Waals surface area (Å²) in [5.74, 6) is 1.39. The maximum atomic E-state index is 9.97. The maximum absolute atomic E-state index is 9.97. The van der Waals surface area contributed by atoms with E-state index in [1.807, 2.05) is 30.3 Å². The van der Waals surface area contributed by atoms with Gasteiger partial charge in [-0.2, -0.15) is 4.98 Å². The summed E-state index contributed by atoms with van der Waals surface area (Å²) < 4.78 is 0. The Morgan fingerprint density at radius 3 is 2.62 bits per heavy atom. The summed E-state index contributed by atoms with van der Waals surface area (Å²) in [6, 6.07) is 19.1. The summed E-state index contributed by atoms with van der Waals surface area (Å²) in [5, 5.41) is 19.5. The van der Waals surface area contributed by atoms with Gasteiger partial charge in [-0.1, -0.05) is 30.3 Å². The van der Waals surface area contributed by atoms with Crippen LogP contribution in [0.2, 0.25) is 0 Å². The zero-order valence-electron chi connectivity index (χ0n) is 14.0. The molecule has 0 spiro atoms. The van der Waals surface area contributed by atoms with Crippen molar-refractivity contribution in [1.82, 2.24) is 9.97 Å². The van der Waals surface area contributed by atoms with Crippen LogP contribution in [0, 0.1) is 0 Å². The van der Waals surface area contributed by atoms with Gasteiger partial charge in [-0.3, -0.25) is 0 Å². The van der Waals surface area contributed by atoms with Gasteiger partial charge in [-0.05, 0) is 42.1 Å². The van der Waals surface area contributed by atoms with Crippen molar-refractivity contribution in [3.8, 4) is 5.75 Å². The molecule has 26 heavy (non-hydrogen) atoms. The minimum absolute atomic E-state index is 0.163. The predicted molar refractivity (Wildman–Crippen MR) is 107 cm³/mol. The Morgan fingerprint density at radius 2 is 1.77 bits per heavy atom. The van der Waals surface area contributed by atoms with Crippen molar-refractivity contribution in [3.63, 3.8) is 0 Å². The van der Waals surface area contributed by atoms with Gasteiger partial charge >= 0.3 is 0 Å². The van der Waals surface area contributed by atoms with E-state index < -0.39 is 0 Å². The van der Waals surface area contributed by atoms with Crippen LogP contribution < -0.4 is 10.6 Å². The molecule has 130 valence electrons. The number of benzene rings is 2. The molecule has 2 aromatic carbocycles. The Hall–Kier alpha value is -3.12. The highest BCUT2D eigenvalue weighted by Crippen LogP contribution is 2.27. The van der Waals surface area contributed by atoms with Gasteiger partial charge < -0.3 is 15.7 Å². The van der Waals surface area contributed by atoms with Crippen molar-refractivity contribution in [2.75, 3.05) is 17.2 Å². The van der Waals surface area contributed by atoms with E-state index in [1.165, 1.54) is 4.88 Å². The molecule has 0 saturated heterocycles. The molecule has 0 saturated carbocycles. The first-order valence-corrected chi connectivity index (χ1v) is 9.25. The number of rotatable bonds is 6. The average Bonchev–Trinajstić information content (AvgIpc) is 3.17. The third kappa shape index (κ3) is 3.60. The number of nitrogens with zero attached hydrogens (tertiary/aromatic N) is 2. The average molecular weight is 362 g/mol. The van der Waals surface area contributed by atoms with E-state index >= 15 is 0 Å². The lowest BCUT2D eigenvalue weighted by Crippen LogP contribution is -2.08. The molecule has 0 unspecified atom stereocenters. The largest absolute Gasteiger partial charge is 0.506 e. The lowest BCUT2D eigenvalue weighted by Gasteiger charge is -2.12. The number of aromatic hydroxyl groups is 1. The van der Waals surface area contributed by atoms with E-state index in [1.54, 1.807) is 29.5 Å². The van der Waals surface area contributed by atoms with E-state index in [2.05, 4.69) is 38.1 Å². The number of thiophene rings is 1. The number of phenolic OH excluding ortho intramolecular Hbond substituents is 1. The monoisotopic (exact) mass is 362 g/mol. The Bertz CT molecular complexity index is 1020. The number of aromatic nitrogens is 2. The number of hydrogen-bond donors (Lipinski definition) is 3. The van der Waals surface area contributed by atoms with Crippen molar-refractivity contribution in [3.05, 3.63) is 70.9 Å². The van der Waals surface area contributed by atoms with Crippen LogP contribution in [0.25, 0.3) is 10.9 Å². The fraction of sp³-hybridized carbons (Fsp3) is 0.100. The van der Waals surface area contributed by atoms with E-state index in [-0.39, 0.29) is 5.75 Å². The molecule has 4 aromatic rings. The molecule has 0 radical (unpaired) electrons. The SMILES string of the molecule is Oc1ccccc1Nc1nc(NCCc2cccs2)c2ccccc2n1. The van der Waals surface area contributed by atoms with Gasteiger partial charge in [0, 0.05) is 16.8 Å². The Balaban J connectivity index is 1.61. The molecule has 6 heteroatoms. The van der Waals surface area contributed by atoms with Gasteiger partial charge in [0.2, 0.25) is 5.95 Å². The highest BCUT2D eigenvalue weighted by molar-refractivity contribution is 7.09. The first kappa shape index (κ1) is 16.4. The first-order chi connectivity index (χ1) is 12.8. The zero-order valence-corrected chi connectivity index (χ0v) is 14.8. The van der Waals surface area contributed by atoms with Crippen LogP contribution in [-0.2, 0) is 6.42 Å². The molecule has 0 bridgehead atoms. The minimum atomic E-state index is 0.163. The quantitative estimate of drug-likeness (QED) is 0.430. The fourth-order valence-electron chi connectivity index (χ4n) is 2.73. The summed E-state index contributed by atoms with van der Waals surface area (Å²) in [4.78, 5) is 10.5. The summed E-state index contributed by atoms with van der Waals surface area (Å²) >= 11 is 1.76. The third-order valence-electron chi connectivity index (χ3n) is 4.00. The zero-order chi connectivity index (χ0) is 17.8. The van der Waals surface area contributed by atoms with Crippen LogP contribution in [0.4, 0.5) is 17.5 Å².